The van der Waals surface area contributed by atoms with Crippen LogP contribution in [0.4, 0.5) is 5.69 Å². The summed E-state index contributed by atoms with van der Waals surface area (Å²) in [6, 6.07) is 9.77. The topological polar surface area (TPSA) is 95.2 Å². The predicted molar refractivity (Wildman–Crippen MR) is 81.4 cm³/mol. The summed E-state index contributed by atoms with van der Waals surface area (Å²) in [4.78, 5) is 36.0. The molecule has 2 amide bonds. The highest BCUT2D eigenvalue weighted by atomic mass is 16.2. The lowest BCUT2D eigenvalue weighted by Gasteiger charge is -2.17. The molecule has 7 heteroatoms. The number of rotatable bonds is 4. The van der Waals surface area contributed by atoms with Crippen LogP contribution in [0.25, 0.3) is 0 Å². The molecule has 0 saturated heterocycles. The third kappa shape index (κ3) is 3.78. The van der Waals surface area contributed by atoms with Crippen molar-refractivity contribution in [1.29, 1.82) is 0 Å². The monoisotopic (exact) mass is 300 g/mol. The number of hydrogen-bond donors (Lipinski definition) is 2. The Kier molecular flexibility index (Phi) is 4.67. The average Bonchev–Trinajstić information content (AvgIpc) is 2.49. The summed E-state index contributed by atoms with van der Waals surface area (Å²) in [7, 11) is 1.68. The molecule has 1 heterocycles. The van der Waals surface area contributed by atoms with Crippen molar-refractivity contribution < 1.29 is 9.59 Å². The fourth-order valence-electron chi connectivity index (χ4n) is 1.80. The molecule has 1 aromatic carbocycles. The molecule has 2 aromatic rings. The van der Waals surface area contributed by atoms with Gasteiger partial charge in [-0.05, 0) is 17.7 Å². The first-order valence-electron chi connectivity index (χ1n) is 6.64. The van der Waals surface area contributed by atoms with E-state index in [1.807, 2.05) is 12.1 Å². The largest absolute Gasteiger partial charge is 0.342 e. The van der Waals surface area contributed by atoms with Crippen molar-refractivity contribution in [3.05, 3.63) is 58.0 Å². The Hall–Kier alpha value is -2.96. The van der Waals surface area contributed by atoms with Crippen molar-refractivity contribution in [2.75, 3.05) is 12.4 Å². The van der Waals surface area contributed by atoms with Gasteiger partial charge < -0.3 is 10.2 Å². The van der Waals surface area contributed by atoms with Crippen LogP contribution < -0.4 is 10.9 Å². The molecule has 22 heavy (non-hydrogen) atoms. The Morgan fingerprint density at radius 2 is 1.95 bits per heavy atom. The molecular weight excluding hydrogens is 284 g/mol. The minimum Gasteiger partial charge on any atom is -0.342 e. The number of anilines is 1. The molecule has 0 aliphatic heterocycles. The van der Waals surface area contributed by atoms with Crippen LogP contribution in [0.15, 0.2) is 41.2 Å². The van der Waals surface area contributed by atoms with Crippen molar-refractivity contribution in [2.45, 2.75) is 13.5 Å². The lowest BCUT2D eigenvalue weighted by molar-refractivity contribution is -0.128. The predicted octanol–water partition coefficient (Wildman–Crippen LogP) is 1.00. The summed E-state index contributed by atoms with van der Waals surface area (Å²) in [5.74, 6) is -0.502. The molecule has 2 rings (SSSR count). The number of carbonyl (C=O) groups excluding carboxylic acids is 2. The zero-order chi connectivity index (χ0) is 16.1. The summed E-state index contributed by atoms with van der Waals surface area (Å²) < 4.78 is 0. The second-order valence-corrected chi connectivity index (χ2v) is 4.79. The van der Waals surface area contributed by atoms with Crippen LogP contribution in [0.1, 0.15) is 23.0 Å². The van der Waals surface area contributed by atoms with Crippen LogP contribution in [-0.2, 0) is 11.3 Å². The number of nitrogens with one attached hydrogen (secondary N) is 2. The van der Waals surface area contributed by atoms with E-state index in [1.54, 1.807) is 24.1 Å². The van der Waals surface area contributed by atoms with Crippen molar-refractivity contribution in [3.63, 3.8) is 0 Å². The molecule has 0 fully saturated rings. The third-order valence-electron chi connectivity index (χ3n) is 3.12. The van der Waals surface area contributed by atoms with Crippen molar-refractivity contribution in [3.8, 4) is 0 Å². The van der Waals surface area contributed by atoms with E-state index in [0.717, 1.165) is 5.56 Å². The molecule has 0 spiro atoms. The standard InChI is InChI=1S/C15H16N4O3/c1-10(20)19(2)9-11-5-3-4-6-12(11)16-15(22)13-7-8-14(21)18-17-13/h3-8H,9H2,1-2H3,(H,16,22)(H,18,21). The SMILES string of the molecule is CC(=O)N(C)Cc1ccccc1NC(=O)c1ccc(=O)[nH]n1. The summed E-state index contributed by atoms with van der Waals surface area (Å²) in [5, 5.41) is 8.62. The Morgan fingerprint density at radius 1 is 1.23 bits per heavy atom. The number of carbonyl (C=O) groups is 2. The summed E-state index contributed by atoms with van der Waals surface area (Å²) >= 11 is 0. The number of aromatic nitrogens is 2. The molecule has 1 aromatic heterocycles. The van der Waals surface area contributed by atoms with Crippen molar-refractivity contribution in [1.82, 2.24) is 15.1 Å². The highest BCUT2D eigenvalue weighted by molar-refractivity contribution is 6.03. The number of H-pyrrole nitrogens is 1. The number of aromatic amines is 1. The van der Waals surface area contributed by atoms with Crippen LogP contribution in [0.5, 0.6) is 0 Å². The fraction of sp³-hybridized carbons (Fsp3) is 0.200. The highest BCUT2D eigenvalue weighted by Gasteiger charge is 2.12. The maximum atomic E-state index is 12.1. The minimum atomic E-state index is -0.436. The Balaban J connectivity index is 2.19. The van der Waals surface area contributed by atoms with E-state index >= 15 is 0 Å². The fourth-order valence-corrected chi connectivity index (χ4v) is 1.80. The van der Waals surface area contributed by atoms with Crippen LogP contribution >= 0.6 is 0 Å². The highest BCUT2D eigenvalue weighted by Crippen LogP contribution is 2.17. The molecule has 0 aliphatic carbocycles. The van der Waals surface area contributed by atoms with Gasteiger partial charge in [-0.1, -0.05) is 18.2 Å². The van der Waals surface area contributed by atoms with E-state index in [1.165, 1.54) is 19.1 Å². The maximum Gasteiger partial charge on any atom is 0.276 e. The van der Waals surface area contributed by atoms with Gasteiger partial charge in [-0.3, -0.25) is 14.4 Å². The van der Waals surface area contributed by atoms with Gasteiger partial charge in [-0.2, -0.15) is 5.10 Å². The first-order chi connectivity index (χ1) is 10.5. The van der Waals surface area contributed by atoms with E-state index in [4.69, 9.17) is 0 Å². The number of benzene rings is 1. The third-order valence-corrected chi connectivity index (χ3v) is 3.12. The van der Waals surface area contributed by atoms with Crippen LogP contribution in [-0.4, -0.2) is 34.0 Å². The number of para-hydroxylation sites is 1. The molecule has 0 aliphatic rings. The summed E-state index contributed by atoms with van der Waals surface area (Å²) in [6.45, 7) is 1.86. The summed E-state index contributed by atoms with van der Waals surface area (Å²) in [5.41, 5.74) is 1.13. The zero-order valence-corrected chi connectivity index (χ0v) is 12.3. The van der Waals surface area contributed by atoms with Crippen LogP contribution in [0.2, 0.25) is 0 Å². The van der Waals surface area contributed by atoms with Gasteiger partial charge in [-0.25, -0.2) is 5.10 Å². The maximum absolute atomic E-state index is 12.1. The van der Waals surface area contributed by atoms with E-state index in [0.29, 0.717) is 12.2 Å². The van der Waals surface area contributed by atoms with Crippen molar-refractivity contribution in [2.24, 2.45) is 0 Å². The van der Waals surface area contributed by atoms with Gasteiger partial charge in [0.1, 0.15) is 5.69 Å². The first-order valence-corrected chi connectivity index (χ1v) is 6.64. The van der Waals surface area contributed by atoms with Gasteiger partial charge in [0, 0.05) is 32.3 Å². The Labute approximate surface area is 127 Å². The molecule has 2 N–H and O–H groups in total. The quantitative estimate of drug-likeness (QED) is 0.880. The van der Waals surface area contributed by atoms with Gasteiger partial charge in [0.25, 0.3) is 11.5 Å². The minimum absolute atomic E-state index is 0.0663. The molecule has 0 atom stereocenters. The zero-order valence-electron chi connectivity index (χ0n) is 12.3. The number of hydrogen-bond acceptors (Lipinski definition) is 4. The average molecular weight is 300 g/mol. The van der Waals surface area contributed by atoms with Gasteiger partial charge in [-0.15, -0.1) is 0 Å². The Morgan fingerprint density at radius 3 is 2.59 bits per heavy atom. The molecule has 114 valence electrons. The molecule has 0 radical (unpaired) electrons. The second-order valence-electron chi connectivity index (χ2n) is 4.79. The first kappa shape index (κ1) is 15.4. The molecule has 0 bridgehead atoms. The number of nitrogens with zero attached hydrogens (tertiary/aromatic N) is 2. The van der Waals surface area contributed by atoms with E-state index in [9.17, 15) is 14.4 Å². The van der Waals surface area contributed by atoms with Gasteiger partial charge in [0.2, 0.25) is 5.91 Å². The number of amides is 2. The molecular formula is C15H16N4O3. The van der Waals surface area contributed by atoms with E-state index in [-0.39, 0.29) is 17.2 Å². The van der Waals surface area contributed by atoms with Crippen molar-refractivity contribution >= 4 is 17.5 Å². The molecule has 0 saturated carbocycles. The summed E-state index contributed by atoms with van der Waals surface area (Å²) in [6.07, 6.45) is 0. The second kappa shape index (κ2) is 6.66. The normalized spacial score (nSPS) is 10.1. The molecule has 0 unspecified atom stereocenters. The lowest BCUT2D eigenvalue weighted by Crippen LogP contribution is -2.24. The van der Waals surface area contributed by atoms with Gasteiger partial charge >= 0.3 is 0 Å². The molecule has 7 nitrogen and oxygen atoms in total. The van der Waals surface area contributed by atoms with Crippen LogP contribution in [0.3, 0.4) is 0 Å². The van der Waals surface area contributed by atoms with Crippen LogP contribution in [0, 0.1) is 0 Å². The Bertz CT molecular complexity index is 734. The van der Waals surface area contributed by atoms with E-state index < -0.39 is 5.91 Å². The lowest BCUT2D eigenvalue weighted by atomic mass is 10.1. The smallest absolute Gasteiger partial charge is 0.276 e. The van der Waals surface area contributed by atoms with Gasteiger partial charge in [0.05, 0.1) is 0 Å². The van der Waals surface area contributed by atoms with Gasteiger partial charge in [0.15, 0.2) is 0 Å². The van der Waals surface area contributed by atoms with E-state index in [2.05, 4.69) is 15.5 Å².